The number of thiazole rings is 1. The molecular formula is C19H23N3O3S. The van der Waals surface area contributed by atoms with Crippen molar-refractivity contribution < 1.29 is 14.3 Å². The molecule has 2 amide bonds. The molecule has 1 N–H and O–H groups in total. The predicted octanol–water partition coefficient (Wildman–Crippen LogP) is 2.31. The van der Waals surface area contributed by atoms with Crippen LogP contribution in [0.5, 0.6) is 5.75 Å². The average Bonchev–Trinajstić information content (AvgIpc) is 3.31. The molecule has 1 aromatic heterocycles. The second kappa shape index (κ2) is 8.80. The number of amides is 2. The molecule has 1 aliphatic rings. The van der Waals surface area contributed by atoms with Gasteiger partial charge in [0.05, 0.1) is 18.7 Å². The van der Waals surface area contributed by atoms with Gasteiger partial charge in [0.1, 0.15) is 17.4 Å². The molecule has 0 radical (unpaired) electrons. The molecule has 1 saturated heterocycles. The summed E-state index contributed by atoms with van der Waals surface area (Å²) in [5, 5.41) is 5.36. The summed E-state index contributed by atoms with van der Waals surface area (Å²) in [6, 6.07) is 7.84. The van der Waals surface area contributed by atoms with Gasteiger partial charge in [0.15, 0.2) is 0 Å². The fourth-order valence-electron chi connectivity index (χ4n) is 2.76. The summed E-state index contributed by atoms with van der Waals surface area (Å²) in [4.78, 5) is 30.2. The molecule has 3 rings (SSSR count). The third kappa shape index (κ3) is 5.29. The van der Waals surface area contributed by atoms with Crippen LogP contribution in [0.1, 0.15) is 29.1 Å². The molecule has 0 saturated carbocycles. The van der Waals surface area contributed by atoms with E-state index in [0.717, 1.165) is 36.7 Å². The van der Waals surface area contributed by atoms with Gasteiger partial charge in [-0.2, -0.15) is 0 Å². The van der Waals surface area contributed by atoms with Crippen LogP contribution in [0.3, 0.4) is 0 Å². The summed E-state index contributed by atoms with van der Waals surface area (Å²) >= 11 is 1.47. The lowest BCUT2D eigenvalue weighted by Crippen LogP contribution is -2.39. The van der Waals surface area contributed by atoms with Crippen molar-refractivity contribution in [2.45, 2.75) is 32.8 Å². The largest absolute Gasteiger partial charge is 0.486 e. The number of nitrogens with zero attached hydrogens (tertiary/aromatic N) is 2. The van der Waals surface area contributed by atoms with Crippen LogP contribution in [0.4, 0.5) is 0 Å². The Morgan fingerprint density at radius 3 is 2.69 bits per heavy atom. The highest BCUT2D eigenvalue weighted by Crippen LogP contribution is 2.16. The van der Waals surface area contributed by atoms with Crippen LogP contribution in [-0.2, 0) is 22.6 Å². The van der Waals surface area contributed by atoms with Crippen molar-refractivity contribution >= 4 is 23.2 Å². The first-order valence-electron chi connectivity index (χ1n) is 8.77. The predicted molar refractivity (Wildman–Crippen MR) is 100 cm³/mol. The van der Waals surface area contributed by atoms with Crippen molar-refractivity contribution in [3.05, 3.63) is 45.9 Å². The van der Waals surface area contributed by atoms with E-state index in [-0.39, 0.29) is 24.8 Å². The summed E-state index contributed by atoms with van der Waals surface area (Å²) in [6.45, 7) is 4.06. The minimum absolute atomic E-state index is 0.0127. The maximum Gasteiger partial charge on any atom is 0.241 e. The topological polar surface area (TPSA) is 71.5 Å². The number of rotatable bonds is 7. The molecule has 0 atom stereocenters. The van der Waals surface area contributed by atoms with Crippen molar-refractivity contribution in [3.8, 4) is 5.75 Å². The number of hydrogen-bond donors (Lipinski definition) is 1. The monoisotopic (exact) mass is 373 g/mol. The van der Waals surface area contributed by atoms with E-state index in [1.165, 1.54) is 16.9 Å². The number of ether oxygens (including phenoxy) is 1. The highest BCUT2D eigenvalue weighted by molar-refractivity contribution is 7.09. The first-order valence-corrected chi connectivity index (χ1v) is 9.65. The molecule has 7 heteroatoms. The molecule has 0 aliphatic carbocycles. The molecular weight excluding hydrogens is 350 g/mol. The van der Waals surface area contributed by atoms with E-state index in [4.69, 9.17) is 4.74 Å². The van der Waals surface area contributed by atoms with E-state index < -0.39 is 0 Å². The molecule has 2 aromatic rings. The summed E-state index contributed by atoms with van der Waals surface area (Å²) in [5.74, 6) is 0.598. The Kier molecular flexibility index (Phi) is 6.22. The van der Waals surface area contributed by atoms with Gasteiger partial charge < -0.3 is 15.0 Å². The molecule has 2 heterocycles. The quantitative estimate of drug-likeness (QED) is 0.808. The minimum atomic E-state index is -0.186. The molecule has 1 aliphatic heterocycles. The van der Waals surface area contributed by atoms with Crippen LogP contribution >= 0.6 is 11.3 Å². The third-order valence-electron chi connectivity index (χ3n) is 4.22. The molecule has 1 aromatic carbocycles. The van der Waals surface area contributed by atoms with Gasteiger partial charge in [-0.25, -0.2) is 4.98 Å². The van der Waals surface area contributed by atoms with Crippen molar-refractivity contribution in [1.29, 1.82) is 0 Å². The second-order valence-corrected chi connectivity index (χ2v) is 7.32. The zero-order valence-electron chi connectivity index (χ0n) is 14.9. The smallest absolute Gasteiger partial charge is 0.241 e. The van der Waals surface area contributed by atoms with Gasteiger partial charge in [0.2, 0.25) is 11.8 Å². The first kappa shape index (κ1) is 18.4. The Morgan fingerprint density at radius 2 is 1.96 bits per heavy atom. The number of aryl methyl sites for hydroxylation is 1. The maximum atomic E-state index is 12.0. The Bertz CT molecular complexity index is 752. The molecule has 0 bridgehead atoms. The van der Waals surface area contributed by atoms with E-state index in [2.05, 4.69) is 10.3 Å². The lowest BCUT2D eigenvalue weighted by atomic mass is 10.2. The molecule has 138 valence electrons. The number of hydrogen-bond acceptors (Lipinski definition) is 5. The first-order chi connectivity index (χ1) is 12.6. The van der Waals surface area contributed by atoms with Gasteiger partial charge >= 0.3 is 0 Å². The normalized spacial score (nSPS) is 13.7. The SMILES string of the molecule is Cc1ccc(OCc2nc(CC(=O)NCC(=O)N3CCCC3)cs2)cc1. The number of likely N-dealkylation sites (tertiary alicyclic amines) is 1. The molecule has 6 nitrogen and oxygen atoms in total. The van der Waals surface area contributed by atoms with Gasteiger partial charge in [0, 0.05) is 18.5 Å². The standard InChI is InChI=1S/C19H23N3O3S/c1-14-4-6-16(7-5-14)25-12-18-21-15(13-26-18)10-17(23)20-11-19(24)22-8-2-3-9-22/h4-7,13H,2-3,8-12H2,1H3,(H,20,23). The number of nitrogens with one attached hydrogen (secondary N) is 1. The van der Waals surface area contributed by atoms with E-state index >= 15 is 0 Å². The second-order valence-electron chi connectivity index (χ2n) is 6.38. The van der Waals surface area contributed by atoms with Gasteiger partial charge in [-0.15, -0.1) is 11.3 Å². The number of aromatic nitrogens is 1. The highest BCUT2D eigenvalue weighted by atomic mass is 32.1. The summed E-state index contributed by atoms with van der Waals surface area (Å²) < 4.78 is 5.70. The van der Waals surface area contributed by atoms with Gasteiger partial charge in [-0.3, -0.25) is 9.59 Å². The zero-order valence-corrected chi connectivity index (χ0v) is 15.7. The minimum Gasteiger partial charge on any atom is -0.486 e. The summed E-state index contributed by atoms with van der Waals surface area (Å²) in [5.41, 5.74) is 1.88. The van der Waals surface area contributed by atoms with Gasteiger partial charge in [-0.1, -0.05) is 17.7 Å². The molecule has 1 fully saturated rings. The average molecular weight is 373 g/mol. The van der Waals surface area contributed by atoms with Crippen molar-refractivity contribution in [2.24, 2.45) is 0 Å². The zero-order chi connectivity index (χ0) is 18.4. The number of carbonyl (C=O) groups excluding carboxylic acids is 2. The van der Waals surface area contributed by atoms with E-state index in [0.29, 0.717) is 12.3 Å². The summed E-state index contributed by atoms with van der Waals surface area (Å²) in [7, 11) is 0. The number of carbonyl (C=O) groups is 2. The molecule has 0 unspecified atom stereocenters. The third-order valence-corrected chi connectivity index (χ3v) is 5.09. The van der Waals surface area contributed by atoms with Crippen LogP contribution in [0.25, 0.3) is 0 Å². The Labute approximate surface area is 157 Å². The number of benzene rings is 1. The maximum absolute atomic E-state index is 12.0. The van der Waals surface area contributed by atoms with E-state index in [1.807, 2.05) is 36.6 Å². The van der Waals surface area contributed by atoms with Crippen molar-refractivity contribution in [3.63, 3.8) is 0 Å². The Hall–Kier alpha value is -2.41. The van der Waals surface area contributed by atoms with Crippen LogP contribution in [-0.4, -0.2) is 41.3 Å². The Balaban J connectivity index is 1.41. The lowest BCUT2D eigenvalue weighted by Gasteiger charge is -2.15. The van der Waals surface area contributed by atoms with Crippen LogP contribution in [0, 0.1) is 6.92 Å². The lowest BCUT2D eigenvalue weighted by molar-refractivity contribution is -0.131. The fourth-order valence-corrected chi connectivity index (χ4v) is 3.46. The molecule has 26 heavy (non-hydrogen) atoms. The Morgan fingerprint density at radius 1 is 1.23 bits per heavy atom. The highest BCUT2D eigenvalue weighted by Gasteiger charge is 2.18. The van der Waals surface area contributed by atoms with E-state index in [9.17, 15) is 9.59 Å². The van der Waals surface area contributed by atoms with Gasteiger partial charge in [0.25, 0.3) is 0 Å². The van der Waals surface area contributed by atoms with Crippen LogP contribution in [0.2, 0.25) is 0 Å². The summed E-state index contributed by atoms with van der Waals surface area (Å²) in [6.07, 6.45) is 2.27. The molecule has 0 spiro atoms. The van der Waals surface area contributed by atoms with Gasteiger partial charge in [-0.05, 0) is 31.9 Å². The van der Waals surface area contributed by atoms with Crippen LogP contribution < -0.4 is 10.1 Å². The van der Waals surface area contributed by atoms with Crippen LogP contribution in [0.15, 0.2) is 29.6 Å². The van der Waals surface area contributed by atoms with E-state index in [1.54, 1.807) is 4.90 Å². The van der Waals surface area contributed by atoms with Crippen molar-refractivity contribution in [1.82, 2.24) is 15.2 Å². The van der Waals surface area contributed by atoms with Crippen molar-refractivity contribution in [2.75, 3.05) is 19.6 Å². The fraction of sp³-hybridized carbons (Fsp3) is 0.421.